The molecule has 2 N–H and O–H groups in total. The summed E-state index contributed by atoms with van der Waals surface area (Å²) < 4.78 is 15.1. The Hall–Kier alpha value is -2.38. The molecule has 1 aromatic rings. The lowest BCUT2D eigenvalue weighted by atomic mass is 10.1. The molecule has 1 aromatic carbocycles. The molecule has 0 aliphatic carbocycles. The predicted octanol–water partition coefficient (Wildman–Crippen LogP) is 2.15. The van der Waals surface area contributed by atoms with Crippen molar-refractivity contribution in [3.8, 4) is 0 Å². The Labute approximate surface area is 154 Å². The van der Waals surface area contributed by atoms with E-state index < -0.39 is 12.1 Å². The normalized spacial score (nSPS) is 12.7. The first-order valence-electron chi connectivity index (χ1n) is 8.48. The highest BCUT2D eigenvalue weighted by Gasteiger charge is 2.09. The second-order valence-corrected chi connectivity index (χ2v) is 5.96. The molecule has 1 amide bonds. The van der Waals surface area contributed by atoms with E-state index in [1.165, 1.54) is 0 Å². The van der Waals surface area contributed by atoms with Crippen molar-refractivity contribution in [3.05, 3.63) is 48.0 Å². The molecule has 0 aliphatic heterocycles. The molecule has 7 nitrogen and oxygen atoms in total. The Morgan fingerprint density at radius 3 is 2.54 bits per heavy atom. The van der Waals surface area contributed by atoms with E-state index in [9.17, 15) is 9.59 Å². The van der Waals surface area contributed by atoms with Gasteiger partial charge < -0.3 is 24.8 Å². The van der Waals surface area contributed by atoms with Crippen molar-refractivity contribution in [2.45, 2.75) is 39.1 Å². The average molecular weight is 364 g/mol. The van der Waals surface area contributed by atoms with Crippen molar-refractivity contribution >= 4 is 12.1 Å². The maximum Gasteiger partial charge on any atom is 0.407 e. The van der Waals surface area contributed by atoms with Gasteiger partial charge in [-0.25, -0.2) is 9.59 Å². The first-order valence-corrected chi connectivity index (χ1v) is 8.48. The van der Waals surface area contributed by atoms with Crippen LogP contribution in [0.15, 0.2) is 36.9 Å². The zero-order valence-electron chi connectivity index (χ0n) is 15.6. The first kappa shape index (κ1) is 21.7. The zero-order chi connectivity index (χ0) is 19.4. The van der Waals surface area contributed by atoms with Gasteiger partial charge >= 0.3 is 12.1 Å². The fourth-order valence-electron chi connectivity index (χ4n) is 2.13. The quantitative estimate of drug-likeness (QED) is 0.462. The van der Waals surface area contributed by atoms with E-state index in [-0.39, 0.29) is 18.8 Å². The Balaban J connectivity index is 2.39. The van der Waals surface area contributed by atoms with E-state index in [0.717, 1.165) is 17.2 Å². The zero-order valence-corrected chi connectivity index (χ0v) is 15.6. The fourth-order valence-corrected chi connectivity index (χ4v) is 2.13. The van der Waals surface area contributed by atoms with Crippen LogP contribution in [0.3, 0.4) is 0 Å². The number of amides is 1. The van der Waals surface area contributed by atoms with Crippen LogP contribution in [0.4, 0.5) is 4.79 Å². The van der Waals surface area contributed by atoms with Gasteiger partial charge in [-0.05, 0) is 25.0 Å². The van der Waals surface area contributed by atoms with Gasteiger partial charge in [0.05, 0.1) is 6.61 Å². The minimum Gasteiger partial charge on any atom is -0.461 e. The highest BCUT2D eigenvalue weighted by molar-refractivity contribution is 5.81. The lowest BCUT2D eigenvalue weighted by molar-refractivity contribution is -0.138. The van der Waals surface area contributed by atoms with Gasteiger partial charge in [-0.15, -0.1) is 0 Å². The van der Waals surface area contributed by atoms with E-state index in [1.807, 2.05) is 31.2 Å². The van der Waals surface area contributed by atoms with Crippen molar-refractivity contribution in [2.75, 3.05) is 20.3 Å². The van der Waals surface area contributed by atoms with Crippen LogP contribution in [-0.4, -0.2) is 44.5 Å². The molecule has 26 heavy (non-hydrogen) atoms. The summed E-state index contributed by atoms with van der Waals surface area (Å²) in [6.07, 6.45) is 0.368. The average Bonchev–Trinajstić information content (AvgIpc) is 2.63. The minimum absolute atomic E-state index is 0.0120. The molecule has 2 unspecified atom stereocenters. The van der Waals surface area contributed by atoms with Crippen molar-refractivity contribution in [1.29, 1.82) is 0 Å². The SMILES string of the molecule is C=CC(=O)OCC(C)NCc1cccc(CNC(=O)OC(C)COC)c1. The fraction of sp³-hybridized carbons (Fsp3) is 0.474. The summed E-state index contributed by atoms with van der Waals surface area (Å²) in [6, 6.07) is 7.84. The van der Waals surface area contributed by atoms with Crippen LogP contribution in [0.1, 0.15) is 25.0 Å². The molecule has 0 spiro atoms. The number of esters is 1. The molecule has 0 saturated carbocycles. The maximum atomic E-state index is 11.7. The Bertz CT molecular complexity index is 591. The minimum atomic E-state index is -0.476. The Morgan fingerprint density at radius 2 is 1.88 bits per heavy atom. The molecular weight excluding hydrogens is 336 g/mol. The monoisotopic (exact) mass is 364 g/mol. The van der Waals surface area contributed by atoms with Gasteiger partial charge in [0.1, 0.15) is 12.7 Å². The molecule has 0 bridgehead atoms. The highest BCUT2D eigenvalue weighted by Crippen LogP contribution is 2.06. The third-order valence-corrected chi connectivity index (χ3v) is 3.43. The lowest BCUT2D eigenvalue weighted by Gasteiger charge is -2.15. The third kappa shape index (κ3) is 9.19. The van der Waals surface area contributed by atoms with Crippen LogP contribution in [0.5, 0.6) is 0 Å². The van der Waals surface area contributed by atoms with Gasteiger partial charge in [-0.1, -0.05) is 30.8 Å². The van der Waals surface area contributed by atoms with E-state index in [0.29, 0.717) is 19.7 Å². The van der Waals surface area contributed by atoms with Crippen molar-refractivity contribution < 1.29 is 23.8 Å². The summed E-state index contributed by atoms with van der Waals surface area (Å²) in [5, 5.41) is 5.99. The summed E-state index contributed by atoms with van der Waals surface area (Å²) >= 11 is 0. The molecule has 0 aliphatic rings. The van der Waals surface area contributed by atoms with Crippen LogP contribution >= 0.6 is 0 Å². The number of nitrogens with one attached hydrogen (secondary N) is 2. The number of hydrogen-bond acceptors (Lipinski definition) is 6. The van der Waals surface area contributed by atoms with Crippen LogP contribution in [0.2, 0.25) is 0 Å². The number of ether oxygens (including phenoxy) is 3. The second-order valence-electron chi connectivity index (χ2n) is 5.96. The van der Waals surface area contributed by atoms with Gasteiger partial charge in [0.15, 0.2) is 0 Å². The van der Waals surface area contributed by atoms with Crippen LogP contribution in [0.25, 0.3) is 0 Å². The van der Waals surface area contributed by atoms with Crippen molar-refractivity contribution in [3.63, 3.8) is 0 Å². The smallest absolute Gasteiger partial charge is 0.407 e. The molecule has 2 atom stereocenters. The predicted molar refractivity (Wildman–Crippen MR) is 98.6 cm³/mol. The number of carbonyl (C=O) groups excluding carboxylic acids is 2. The van der Waals surface area contributed by atoms with Crippen LogP contribution in [-0.2, 0) is 32.1 Å². The summed E-state index contributed by atoms with van der Waals surface area (Å²) in [7, 11) is 1.56. The molecule has 7 heteroatoms. The van der Waals surface area contributed by atoms with E-state index in [2.05, 4.69) is 17.2 Å². The summed E-state index contributed by atoms with van der Waals surface area (Å²) in [4.78, 5) is 22.7. The number of alkyl carbamates (subject to hydrolysis) is 1. The van der Waals surface area contributed by atoms with E-state index in [1.54, 1.807) is 14.0 Å². The molecule has 0 fully saturated rings. The number of benzene rings is 1. The number of hydrogen-bond donors (Lipinski definition) is 2. The van der Waals surface area contributed by atoms with Gasteiger partial charge in [-0.2, -0.15) is 0 Å². The van der Waals surface area contributed by atoms with Crippen LogP contribution < -0.4 is 10.6 Å². The van der Waals surface area contributed by atoms with Gasteiger partial charge in [-0.3, -0.25) is 0 Å². The standard InChI is InChI=1S/C19H28N2O5/c1-5-18(22)25-12-14(2)20-10-16-7-6-8-17(9-16)11-21-19(23)26-15(3)13-24-4/h5-9,14-15,20H,1,10-13H2,2-4H3,(H,21,23). The third-order valence-electron chi connectivity index (χ3n) is 3.43. The maximum absolute atomic E-state index is 11.7. The van der Waals surface area contributed by atoms with E-state index in [4.69, 9.17) is 14.2 Å². The largest absolute Gasteiger partial charge is 0.461 e. The molecular formula is C19H28N2O5. The first-order chi connectivity index (χ1) is 12.4. The topological polar surface area (TPSA) is 85.9 Å². The summed E-state index contributed by atoms with van der Waals surface area (Å²) in [5.41, 5.74) is 2.03. The Morgan fingerprint density at radius 1 is 1.19 bits per heavy atom. The molecule has 0 heterocycles. The Kier molecular flexibility index (Phi) is 10.0. The van der Waals surface area contributed by atoms with Gasteiger partial charge in [0.25, 0.3) is 0 Å². The molecule has 1 rings (SSSR count). The van der Waals surface area contributed by atoms with Gasteiger partial charge in [0.2, 0.25) is 0 Å². The molecule has 0 aromatic heterocycles. The number of carbonyl (C=O) groups is 2. The van der Waals surface area contributed by atoms with Gasteiger partial charge in [0, 0.05) is 32.3 Å². The van der Waals surface area contributed by atoms with Crippen LogP contribution in [0, 0.1) is 0 Å². The molecule has 0 radical (unpaired) electrons. The van der Waals surface area contributed by atoms with Crippen molar-refractivity contribution in [1.82, 2.24) is 10.6 Å². The molecule has 144 valence electrons. The summed E-state index contributed by atoms with van der Waals surface area (Å²) in [6.45, 7) is 8.68. The number of rotatable bonds is 11. The second kappa shape index (κ2) is 12.1. The summed E-state index contributed by atoms with van der Waals surface area (Å²) in [5.74, 6) is -0.432. The van der Waals surface area contributed by atoms with Crippen molar-refractivity contribution in [2.24, 2.45) is 0 Å². The lowest BCUT2D eigenvalue weighted by Crippen LogP contribution is -2.31. The highest BCUT2D eigenvalue weighted by atomic mass is 16.6. The number of methoxy groups -OCH3 is 1. The molecule has 0 saturated heterocycles. The van der Waals surface area contributed by atoms with E-state index >= 15 is 0 Å².